The number of ether oxygens (including phenoxy) is 2. The van der Waals surface area contributed by atoms with E-state index in [4.69, 9.17) is 9.47 Å². The third kappa shape index (κ3) is 9.75. The molecule has 0 spiro atoms. The molecule has 304 valence electrons. The molecule has 5 atom stereocenters. The minimum absolute atomic E-state index is 0.00249. The van der Waals surface area contributed by atoms with Gasteiger partial charge in [-0.2, -0.15) is 0 Å². The number of anilines is 1. The Labute approximate surface area is 342 Å². The summed E-state index contributed by atoms with van der Waals surface area (Å²) in [5.41, 5.74) is 5.61. The maximum Gasteiger partial charge on any atom is 0.168 e. The summed E-state index contributed by atoms with van der Waals surface area (Å²) in [4.78, 5) is 25.9. The third-order valence-corrected chi connectivity index (χ3v) is 14.7. The van der Waals surface area contributed by atoms with E-state index in [9.17, 15) is 30.0 Å². The van der Waals surface area contributed by atoms with Crippen LogP contribution in [0.15, 0.2) is 60.7 Å². The average molecular weight is 815 g/mol. The van der Waals surface area contributed by atoms with Crippen molar-refractivity contribution in [1.29, 1.82) is 0 Å². The van der Waals surface area contributed by atoms with Gasteiger partial charge in [0, 0.05) is 46.7 Å². The zero-order valence-corrected chi connectivity index (χ0v) is 34.3. The van der Waals surface area contributed by atoms with Gasteiger partial charge in [0.2, 0.25) is 0 Å². The number of phenols is 2. The van der Waals surface area contributed by atoms with Gasteiger partial charge in [0.05, 0.1) is 32.5 Å². The first kappa shape index (κ1) is 41.4. The number of phenolic OH excluding ortho intramolecular Hbond substituents is 2. The fourth-order valence-corrected chi connectivity index (χ4v) is 11.7. The molecule has 2 saturated carbocycles. The Morgan fingerprint density at radius 2 is 1.79 bits per heavy atom. The highest BCUT2D eigenvalue weighted by Crippen LogP contribution is 2.48. The largest absolute Gasteiger partial charge is 0.508 e. The summed E-state index contributed by atoms with van der Waals surface area (Å²) >= 11 is 0. The van der Waals surface area contributed by atoms with Crippen LogP contribution in [0.3, 0.4) is 0 Å². The highest BCUT2D eigenvalue weighted by Gasteiger charge is 2.37. The Morgan fingerprint density at radius 3 is 2.54 bits per heavy atom. The molecule has 8 rings (SSSR count). The lowest BCUT2D eigenvalue weighted by Crippen LogP contribution is -2.41. The molecule has 10 nitrogen and oxygen atoms in total. The van der Waals surface area contributed by atoms with Crippen LogP contribution in [-0.2, 0) is 33.1 Å². The molecule has 0 aromatic heterocycles. The van der Waals surface area contributed by atoms with Crippen LogP contribution >= 0.6 is 21.6 Å². The van der Waals surface area contributed by atoms with Crippen LogP contribution in [0.4, 0.5) is 5.69 Å². The van der Waals surface area contributed by atoms with E-state index in [-0.39, 0.29) is 66.3 Å². The molecule has 2 aliphatic carbocycles. The van der Waals surface area contributed by atoms with E-state index in [1.165, 1.54) is 14.0 Å². The van der Waals surface area contributed by atoms with Gasteiger partial charge in [0.15, 0.2) is 11.5 Å². The molecule has 2 fully saturated rings. The molecule has 2 bridgehead atoms. The topological polar surface area (TPSA) is 158 Å². The Bertz CT molecular complexity index is 2070. The second kappa shape index (κ2) is 18.9. The average Bonchev–Trinajstić information content (AvgIpc) is 3.72. The summed E-state index contributed by atoms with van der Waals surface area (Å²) in [5.74, 6) is 1.04. The normalized spacial score (nSPS) is 22.6. The predicted octanol–water partition coefficient (Wildman–Crippen LogP) is 8.35. The van der Waals surface area contributed by atoms with Crippen molar-refractivity contribution in [2.75, 3.05) is 19.0 Å². The van der Waals surface area contributed by atoms with Crippen molar-refractivity contribution in [2.24, 2.45) is 5.92 Å². The molecule has 0 saturated heterocycles. The molecule has 57 heavy (non-hydrogen) atoms. The lowest BCUT2D eigenvalue weighted by Gasteiger charge is -2.38. The molecule has 0 amide bonds. The molecule has 4 aromatic carbocycles. The summed E-state index contributed by atoms with van der Waals surface area (Å²) in [7, 11) is 4.88. The molecule has 4 aliphatic rings. The van der Waals surface area contributed by atoms with E-state index in [1.54, 1.807) is 39.8 Å². The first-order valence-corrected chi connectivity index (χ1v) is 22.5. The van der Waals surface area contributed by atoms with Gasteiger partial charge in [-0.3, -0.25) is 14.9 Å². The van der Waals surface area contributed by atoms with E-state index in [1.807, 2.05) is 42.5 Å². The lowest BCUT2D eigenvalue weighted by atomic mass is 9.81. The van der Waals surface area contributed by atoms with Crippen LogP contribution in [-0.4, -0.2) is 69.1 Å². The number of methoxy groups -OCH3 is 1. The predicted molar refractivity (Wildman–Crippen MR) is 228 cm³/mol. The molecule has 0 unspecified atom stereocenters. The number of aromatic hydroxyl groups is 2. The van der Waals surface area contributed by atoms with E-state index in [2.05, 4.69) is 10.6 Å². The minimum atomic E-state index is -0.599. The zero-order valence-electron chi connectivity index (χ0n) is 32.7. The van der Waals surface area contributed by atoms with Gasteiger partial charge in [0.1, 0.15) is 23.5 Å². The van der Waals surface area contributed by atoms with Crippen molar-refractivity contribution in [2.45, 2.75) is 113 Å². The molecule has 6 N–H and O–H groups in total. The number of ketones is 2. The van der Waals surface area contributed by atoms with E-state index in [0.29, 0.717) is 35.6 Å². The maximum absolute atomic E-state index is 14.2. The quantitative estimate of drug-likeness (QED) is 0.0673. The molecule has 2 heterocycles. The Balaban J connectivity index is 1.23. The number of aliphatic hydroxyl groups is 2. The van der Waals surface area contributed by atoms with Gasteiger partial charge in [-0.15, -0.1) is 0 Å². The summed E-state index contributed by atoms with van der Waals surface area (Å²) < 4.78 is 12.9. The number of Topliss-reactive ketones (excluding diaryl/α,β-unsaturated/α-hetero) is 2. The van der Waals surface area contributed by atoms with Crippen LogP contribution in [0.25, 0.3) is 21.9 Å². The Hall–Kier alpha value is -3.78. The third-order valence-electron chi connectivity index (χ3n) is 11.8. The number of nitrogens with one attached hydrogen (secondary N) is 2. The molecular formula is C45H54N2O8S2. The fourth-order valence-electron chi connectivity index (χ4n) is 8.78. The minimum Gasteiger partial charge on any atom is -0.508 e. The first-order valence-electron chi connectivity index (χ1n) is 20.1. The lowest BCUT2D eigenvalue weighted by molar-refractivity contribution is -0.129. The number of aliphatic hydroxyl groups excluding tert-OH is 2. The van der Waals surface area contributed by atoms with Gasteiger partial charge in [-0.05, 0) is 115 Å². The van der Waals surface area contributed by atoms with Crippen molar-refractivity contribution < 1.29 is 39.5 Å². The Morgan fingerprint density at radius 1 is 0.982 bits per heavy atom. The van der Waals surface area contributed by atoms with Crippen molar-refractivity contribution in [3.63, 3.8) is 0 Å². The monoisotopic (exact) mass is 814 g/mol. The van der Waals surface area contributed by atoms with Crippen LogP contribution in [0.5, 0.6) is 17.2 Å². The number of carbonyl (C=O) groups excluding carboxylic acids is 2. The van der Waals surface area contributed by atoms with E-state index in [0.717, 1.165) is 77.1 Å². The van der Waals surface area contributed by atoms with Gasteiger partial charge in [-0.1, -0.05) is 64.8 Å². The van der Waals surface area contributed by atoms with E-state index >= 15 is 0 Å². The number of rotatable bonds is 10. The van der Waals surface area contributed by atoms with Gasteiger partial charge in [0.25, 0.3) is 0 Å². The van der Waals surface area contributed by atoms with Crippen LogP contribution in [0.2, 0.25) is 0 Å². The van der Waals surface area contributed by atoms with Crippen molar-refractivity contribution in [3.05, 3.63) is 82.9 Å². The van der Waals surface area contributed by atoms with Crippen molar-refractivity contribution in [1.82, 2.24) is 5.32 Å². The molecule has 2 aliphatic heterocycles. The van der Waals surface area contributed by atoms with Crippen molar-refractivity contribution >= 4 is 49.6 Å². The first-order chi connectivity index (χ1) is 27.6. The van der Waals surface area contributed by atoms with Crippen LogP contribution < -0.4 is 15.4 Å². The summed E-state index contributed by atoms with van der Waals surface area (Å²) in [6.07, 6.45) is 5.55. The number of hydrogen-bond donors (Lipinski definition) is 6. The molecule has 12 heteroatoms. The number of hydrogen-bond acceptors (Lipinski definition) is 12. The Kier molecular flexibility index (Phi) is 13.7. The fraction of sp³-hybridized carbons (Fsp3) is 0.467. The smallest absolute Gasteiger partial charge is 0.168 e. The van der Waals surface area contributed by atoms with Crippen molar-refractivity contribution in [3.8, 4) is 28.4 Å². The molecule has 0 radical (unpaired) electrons. The van der Waals surface area contributed by atoms with Gasteiger partial charge in [-0.25, -0.2) is 0 Å². The number of carbonyl (C=O) groups is 2. The highest BCUT2D eigenvalue weighted by molar-refractivity contribution is 8.76. The second-order valence-corrected chi connectivity index (χ2v) is 18.4. The summed E-state index contributed by atoms with van der Waals surface area (Å²) in [6.45, 7) is 1.46. The van der Waals surface area contributed by atoms with Gasteiger partial charge >= 0.3 is 0 Å². The highest BCUT2D eigenvalue weighted by atomic mass is 33.1. The SMILES string of the molecule is COc1c(O)ccc2c1-c1ccc3ccc(O)cc3c1CSS[C@@H]1CC[C@@H](C[C@H]1O)[C@H](O[C@H](NC1CCCC1)c1ccc(NCC(C)=O)c(CO)c1)CC(=O)CC2. The maximum atomic E-state index is 14.2. The number of benzene rings is 4. The van der Waals surface area contributed by atoms with Crippen LogP contribution in [0, 0.1) is 5.92 Å². The number of fused-ring (bicyclic) bond motifs is 9. The zero-order chi connectivity index (χ0) is 40.1. The summed E-state index contributed by atoms with van der Waals surface area (Å²) in [5, 5.41) is 52.3. The second-order valence-electron chi connectivity index (χ2n) is 15.8. The van der Waals surface area contributed by atoms with Gasteiger partial charge < -0.3 is 35.2 Å². The van der Waals surface area contributed by atoms with Crippen LogP contribution in [0.1, 0.15) is 93.2 Å². The van der Waals surface area contributed by atoms with E-state index < -0.39 is 18.4 Å². The summed E-state index contributed by atoms with van der Waals surface area (Å²) in [6, 6.07) is 18.8. The standard InChI is InChI=1S/C45H54N2O8S2/c1-26(49)23-46-38-16-10-30(19-31(38)24-48)45(47-32-5-3-4-6-32)55-41-22-34(51)14-8-28-11-17-39(52)44(54-2)43(28)35-15-9-27-7-13-33(50)21-36(27)37(35)25-56-57-42-18-12-29(41)20-40(42)53/h7,9-11,13,15-17,19,21,29,32,40-42,45-48,50,52-53H,3-6,8,12,14,18,20,22-25H2,1-2H3/t29-,40+,41+,42+,45-/m0/s1. The molecule has 4 aromatic rings. The molecular weight excluding hydrogens is 761 g/mol. The number of aryl methyl sites for hydroxylation is 1.